The van der Waals surface area contributed by atoms with E-state index in [1.165, 1.54) is 13.0 Å². The Bertz CT molecular complexity index is 532. The van der Waals surface area contributed by atoms with Crippen molar-refractivity contribution in [2.75, 3.05) is 18.6 Å². The van der Waals surface area contributed by atoms with E-state index in [4.69, 9.17) is 5.11 Å². The van der Waals surface area contributed by atoms with Crippen LogP contribution in [0.1, 0.15) is 17.5 Å². The van der Waals surface area contributed by atoms with Crippen LogP contribution in [0.2, 0.25) is 0 Å². The van der Waals surface area contributed by atoms with Crippen molar-refractivity contribution in [1.29, 1.82) is 0 Å². The predicted octanol–water partition coefficient (Wildman–Crippen LogP) is 1.66. The third-order valence-corrected chi connectivity index (χ3v) is 4.93. The number of benzene rings is 1. The molecule has 0 saturated carbocycles. The molecule has 0 saturated heterocycles. The minimum atomic E-state index is -3.74. The average Bonchev–Trinajstić information content (AvgIpc) is 2.37. The van der Waals surface area contributed by atoms with Crippen molar-refractivity contribution in [3.63, 3.8) is 0 Å². The first-order valence-electron chi connectivity index (χ1n) is 5.81. The Hall–Kier alpha value is -0.630. The zero-order valence-corrected chi connectivity index (χ0v) is 12.6. The van der Waals surface area contributed by atoms with Gasteiger partial charge in [0.15, 0.2) is 0 Å². The van der Waals surface area contributed by atoms with E-state index in [0.717, 1.165) is 11.8 Å². The van der Waals surface area contributed by atoms with Gasteiger partial charge < -0.3 is 5.11 Å². The van der Waals surface area contributed by atoms with Crippen LogP contribution in [0.15, 0.2) is 17.0 Å². The topological polar surface area (TPSA) is 66.4 Å². The summed E-state index contributed by atoms with van der Waals surface area (Å²) in [6, 6.07) is 2.44. The van der Waals surface area contributed by atoms with Crippen LogP contribution in [-0.2, 0) is 16.6 Å². The number of halogens is 1. The molecule has 0 fully saturated rings. The van der Waals surface area contributed by atoms with Crippen LogP contribution < -0.4 is 4.72 Å². The lowest BCUT2D eigenvalue weighted by Crippen LogP contribution is -2.26. The largest absolute Gasteiger partial charge is 0.392 e. The summed E-state index contributed by atoms with van der Waals surface area (Å²) in [5.74, 6) is 0.225. The van der Waals surface area contributed by atoms with Crippen molar-refractivity contribution < 1.29 is 17.9 Å². The summed E-state index contributed by atoms with van der Waals surface area (Å²) in [6.45, 7) is 1.33. The fraction of sp³-hybridized carbons (Fsp3) is 0.500. The summed E-state index contributed by atoms with van der Waals surface area (Å²) in [7, 11) is -3.74. The highest BCUT2D eigenvalue weighted by atomic mass is 32.2. The van der Waals surface area contributed by atoms with E-state index in [0.29, 0.717) is 13.0 Å². The summed E-state index contributed by atoms with van der Waals surface area (Å²) in [6.07, 6.45) is 2.65. The van der Waals surface area contributed by atoms with Gasteiger partial charge in [-0.3, -0.25) is 0 Å². The molecule has 0 unspecified atom stereocenters. The number of hydrogen-bond donors (Lipinski definition) is 2. The van der Waals surface area contributed by atoms with E-state index in [-0.39, 0.29) is 16.0 Å². The van der Waals surface area contributed by atoms with Gasteiger partial charge in [-0.2, -0.15) is 11.8 Å². The SMILES string of the molecule is CSCCCNS(=O)(=O)c1cc(CO)cc(F)c1C. The van der Waals surface area contributed by atoms with Gasteiger partial charge in [-0.15, -0.1) is 0 Å². The molecule has 0 aromatic heterocycles. The molecule has 7 heteroatoms. The summed E-state index contributed by atoms with van der Waals surface area (Å²) >= 11 is 1.63. The van der Waals surface area contributed by atoms with Gasteiger partial charge in [0.25, 0.3) is 0 Å². The molecule has 108 valence electrons. The average molecular weight is 307 g/mol. The lowest BCUT2D eigenvalue weighted by molar-refractivity contribution is 0.281. The predicted molar refractivity (Wildman–Crippen MR) is 75.2 cm³/mol. The third kappa shape index (κ3) is 4.45. The van der Waals surface area contributed by atoms with Gasteiger partial charge in [-0.05, 0) is 43.0 Å². The summed E-state index contributed by atoms with van der Waals surface area (Å²) < 4.78 is 40.2. The highest BCUT2D eigenvalue weighted by molar-refractivity contribution is 7.98. The number of thioether (sulfide) groups is 1. The molecule has 2 N–H and O–H groups in total. The molecular formula is C12H18FNO3S2. The van der Waals surface area contributed by atoms with Gasteiger partial charge >= 0.3 is 0 Å². The lowest BCUT2D eigenvalue weighted by atomic mass is 10.1. The Labute approximate surface area is 117 Å². The van der Waals surface area contributed by atoms with Crippen molar-refractivity contribution in [2.45, 2.75) is 24.8 Å². The van der Waals surface area contributed by atoms with Gasteiger partial charge in [-0.25, -0.2) is 17.5 Å². The highest BCUT2D eigenvalue weighted by Crippen LogP contribution is 2.20. The molecule has 0 radical (unpaired) electrons. The standard InChI is InChI=1S/C12H18FNO3S2/c1-9-11(13)6-10(8-15)7-12(9)19(16,17)14-4-3-5-18-2/h6-7,14-15H,3-5,8H2,1-2H3. The zero-order valence-electron chi connectivity index (χ0n) is 10.9. The van der Waals surface area contributed by atoms with Crippen molar-refractivity contribution in [1.82, 2.24) is 4.72 Å². The van der Waals surface area contributed by atoms with Crippen molar-refractivity contribution in [2.24, 2.45) is 0 Å². The maximum Gasteiger partial charge on any atom is 0.240 e. The van der Waals surface area contributed by atoms with Gasteiger partial charge in [-0.1, -0.05) is 0 Å². The number of nitrogens with one attached hydrogen (secondary N) is 1. The molecule has 0 atom stereocenters. The first-order valence-corrected chi connectivity index (χ1v) is 8.68. The van der Waals surface area contributed by atoms with Gasteiger partial charge in [0.2, 0.25) is 10.0 Å². The Morgan fingerprint density at radius 2 is 2.11 bits per heavy atom. The van der Waals surface area contributed by atoms with E-state index in [9.17, 15) is 12.8 Å². The molecule has 0 bridgehead atoms. The minimum absolute atomic E-state index is 0.0644. The van der Waals surface area contributed by atoms with Crippen molar-refractivity contribution >= 4 is 21.8 Å². The Morgan fingerprint density at radius 3 is 2.68 bits per heavy atom. The van der Waals surface area contributed by atoms with E-state index < -0.39 is 22.4 Å². The van der Waals surface area contributed by atoms with Crippen LogP contribution in [-0.4, -0.2) is 32.1 Å². The first kappa shape index (κ1) is 16.4. The van der Waals surface area contributed by atoms with E-state index >= 15 is 0 Å². The molecule has 1 aromatic carbocycles. The van der Waals surface area contributed by atoms with E-state index in [2.05, 4.69) is 4.72 Å². The van der Waals surface area contributed by atoms with Crippen LogP contribution in [0.25, 0.3) is 0 Å². The first-order chi connectivity index (χ1) is 8.92. The molecule has 0 aliphatic carbocycles. The quantitative estimate of drug-likeness (QED) is 0.752. The molecule has 0 heterocycles. The number of aliphatic hydroxyl groups is 1. The molecule has 4 nitrogen and oxygen atoms in total. The molecular weight excluding hydrogens is 289 g/mol. The summed E-state index contributed by atoms with van der Waals surface area (Å²) in [5.41, 5.74) is 0.308. The highest BCUT2D eigenvalue weighted by Gasteiger charge is 2.19. The Balaban J connectivity index is 2.97. The maximum absolute atomic E-state index is 13.6. The molecule has 0 aliphatic rings. The second kappa shape index (κ2) is 7.23. The van der Waals surface area contributed by atoms with Crippen LogP contribution >= 0.6 is 11.8 Å². The molecule has 0 amide bonds. The van der Waals surface area contributed by atoms with Crippen LogP contribution in [0, 0.1) is 12.7 Å². The van der Waals surface area contributed by atoms with Gasteiger partial charge in [0, 0.05) is 12.1 Å². The van der Waals surface area contributed by atoms with Crippen molar-refractivity contribution in [3.8, 4) is 0 Å². The molecule has 0 aliphatic heterocycles. The molecule has 0 spiro atoms. The summed E-state index contributed by atoms with van der Waals surface area (Å²) in [5, 5.41) is 9.00. The zero-order chi connectivity index (χ0) is 14.5. The number of hydrogen-bond acceptors (Lipinski definition) is 4. The molecule has 19 heavy (non-hydrogen) atoms. The number of aliphatic hydroxyl groups excluding tert-OH is 1. The summed E-state index contributed by atoms with van der Waals surface area (Å²) in [4.78, 5) is -0.110. The second-order valence-corrected chi connectivity index (χ2v) is 6.82. The van der Waals surface area contributed by atoms with Gasteiger partial charge in [0.05, 0.1) is 11.5 Å². The lowest BCUT2D eigenvalue weighted by Gasteiger charge is -2.11. The van der Waals surface area contributed by atoms with Gasteiger partial charge in [0.1, 0.15) is 5.82 Å². The Morgan fingerprint density at radius 1 is 1.42 bits per heavy atom. The van der Waals surface area contributed by atoms with Crippen LogP contribution in [0.3, 0.4) is 0 Å². The fourth-order valence-corrected chi connectivity index (χ4v) is 3.39. The minimum Gasteiger partial charge on any atom is -0.392 e. The van der Waals surface area contributed by atoms with Crippen molar-refractivity contribution in [3.05, 3.63) is 29.1 Å². The molecule has 1 aromatic rings. The smallest absolute Gasteiger partial charge is 0.240 e. The maximum atomic E-state index is 13.6. The third-order valence-electron chi connectivity index (χ3n) is 2.65. The normalized spacial score (nSPS) is 11.8. The van der Waals surface area contributed by atoms with E-state index in [1.54, 1.807) is 11.8 Å². The number of rotatable bonds is 7. The second-order valence-electron chi connectivity index (χ2n) is 4.10. The van der Waals surface area contributed by atoms with E-state index in [1.807, 2.05) is 6.26 Å². The van der Waals surface area contributed by atoms with Crippen LogP contribution in [0.5, 0.6) is 0 Å². The van der Waals surface area contributed by atoms with Crippen LogP contribution in [0.4, 0.5) is 4.39 Å². The fourth-order valence-electron chi connectivity index (χ4n) is 1.58. The molecule has 1 rings (SSSR count). The Kier molecular flexibility index (Phi) is 6.25. The monoisotopic (exact) mass is 307 g/mol. The number of sulfonamides is 1.